The highest BCUT2D eigenvalue weighted by Crippen LogP contribution is 2.21. The fourth-order valence-corrected chi connectivity index (χ4v) is 3.94. The Morgan fingerprint density at radius 1 is 1.25 bits per heavy atom. The number of nitriles is 1. The predicted molar refractivity (Wildman–Crippen MR) is 103 cm³/mol. The molecule has 1 aliphatic rings. The molecule has 0 saturated carbocycles. The minimum absolute atomic E-state index is 0.106. The van der Waals surface area contributed by atoms with Crippen molar-refractivity contribution >= 4 is 9.84 Å². The molecule has 28 heavy (non-hydrogen) atoms. The molecule has 3 heterocycles. The van der Waals surface area contributed by atoms with Crippen molar-refractivity contribution in [2.24, 2.45) is 0 Å². The van der Waals surface area contributed by atoms with Crippen molar-refractivity contribution in [1.82, 2.24) is 19.4 Å². The van der Waals surface area contributed by atoms with Crippen LogP contribution >= 0.6 is 0 Å². The Morgan fingerprint density at radius 3 is 2.89 bits per heavy atom. The molecule has 1 aliphatic heterocycles. The van der Waals surface area contributed by atoms with Crippen LogP contribution in [0.15, 0.2) is 53.9 Å². The first-order chi connectivity index (χ1) is 13.4. The molecule has 142 valence electrons. The smallest absolute Gasteiger partial charge is 0.246 e. The highest BCUT2D eigenvalue weighted by Gasteiger charge is 2.21. The van der Waals surface area contributed by atoms with Gasteiger partial charge in [-0.05, 0) is 30.3 Å². The molecule has 3 aromatic rings. The molecule has 2 aromatic heterocycles. The molecule has 0 radical (unpaired) electrons. The molecular weight excluding hydrogens is 374 g/mol. The van der Waals surface area contributed by atoms with Crippen LogP contribution < -0.4 is 0 Å². The number of rotatable bonds is 4. The highest BCUT2D eigenvalue weighted by atomic mass is 32.2. The molecule has 0 amide bonds. The lowest BCUT2D eigenvalue weighted by Gasteiger charge is -2.28. The van der Waals surface area contributed by atoms with Crippen LogP contribution in [0, 0.1) is 11.3 Å². The fraction of sp³-hybridized carbons (Fsp3) is 0.250. The molecular formula is C20H19N5O2S. The number of aromatic nitrogens is 3. The van der Waals surface area contributed by atoms with Crippen LogP contribution in [0.3, 0.4) is 0 Å². The Balaban J connectivity index is 1.55. The van der Waals surface area contributed by atoms with E-state index in [1.54, 1.807) is 12.3 Å². The van der Waals surface area contributed by atoms with E-state index in [1.165, 1.54) is 0 Å². The van der Waals surface area contributed by atoms with Crippen molar-refractivity contribution in [2.75, 3.05) is 12.8 Å². The van der Waals surface area contributed by atoms with Gasteiger partial charge in [0.2, 0.25) is 15.0 Å². The summed E-state index contributed by atoms with van der Waals surface area (Å²) < 4.78 is 25.4. The van der Waals surface area contributed by atoms with Crippen molar-refractivity contribution in [3.8, 4) is 11.8 Å². The second-order valence-corrected chi connectivity index (χ2v) is 8.80. The summed E-state index contributed by atoms with van der Waals surface area (Å²) in [5.74, 6) is 0. The molecule has 0 unspecified atom stereocenters. The molecule has 7 nitrogen and oxygen atoms in total. The van der Waals surface area contributed by atoms with Gasteiger partial charge in [0.1, 0.15) is 0 Å². The summed E-state index contributed by atoms with van der Waals surface area (Å²) >= 11 is 0. The van der Waals surface area contributed by atoms with Crippen molar-refractivity contribution in [3.05, 3.63) is 71.3 Å². The molecule has 1 aromatic carbocycles. The summed E-state index contributed by atoms with van der Waals surface area (Å²) in [6, 6.07) is 13.8. The van der Waals surface area contributed by atoms with Gasteiger partial charge in [0.15, 0.2) is 0 Å². The molecule has 0 fully saturated rings. The van der Waals surface area contributed by atoms with Crippen molar-refractivity contribution in [1.29, 1.82) is 5.26 Å². The topological polar surface area (TPSA) is 91.9 Å². The Kier molecular flexibility index (Phi) is 4.71. The van der Waals surface area contributed by atoms with Crippen molar-refractivity contribution < 1.29 is 8.42 Å². The van der Waals surface area contributed by atoms with Gasteiger partial charge in [0.25, 0.3) is 0 Å². The number of hydrogen-bond acceptors (Lipinski definition) is 6. The largest absolute Gasteiger partial charge is 0.320 e. The van der Waals surface area contributed by atoms with E-state index in [1.807, 2.05) is 30.5 Å². The monoisotopic (exact) mass is 393 g/mol. The van der Waals surface area contributed by atoms with Gasteiger partial charge >= 0.3 is 0 Å². The summed E-state index contributed by atoms with van der Waals surface area (Å²) in [4.78, 5) is 10.5. The quantitative estimate of drug-likeness (QED) is 0.631. The van der Waals surface area contributed by atoms with E-state index in [4.69, 9.17) is 5.26 Å². The number of sulfone groups is 1. The SMILES string of the molecule is CS(=O)(=O)c1ncc2c(n1)CCN(Cc1cccn1-c1cccc(C#N)c1)C2. The standard InChI is InChI=1S/C20H19N5O2S/c1-28(26,27)20-22-12-16-13-24(9-7-19(16)23-20)14-18-6-3-8-25(18)17-5-2-4-15(10-17)11-21/h2-6,8,10,12H,7,9,13-14H2,1H3. The van der Waals surface area contributed by atoms with Crippen molar-refractivity contribution in [3.63, 3.8) is 0 Å². The van der Waals surface area contributed by atoms with E-state index in [9.17, 15) is 8.42 Å². The van der Waals surface area contributed by atoms with E-state index < -0.39 is 9.84 Å². The van der Waals surface area contributed by atoms with E-state index in [0.717, 1.165) is 42.0 Å². The van der Waals surface area contributed by atoms with E-state index in [-0.39, 0.29) is 5.16 Å². The van der Waals surface area contributed by atoms with E-state index in [0.29, 0.717) is 18.5 Å². The number of nitrogens with zero attached hydrogens (tertiary/aromatic N) is 5. The second-order valence-electron chi connectivity index (χ2n) is 6.89. The molecule has 0 bridgehead atoms. The lowest BCUT2D eigenvalue weighted by Crippen LogP contribution is -2.32. The Hall–Kier alpha value is -3.02. The van der Waals surface area contributed by atoms with Gasteiger partial charge < -0.3 is 4.57 Å². The highest BCUT2D eigenvalue weighted by molar-refractivity contribution is 7.90. The summed E-state index contributed by atoms with van der Waals surface area (Å²) in [6.45, 7) is 2.19. The van der Waals surface area contributed by atoms with Crippen LogP contribution in [0.5, 0.6) is 0 Å². The van der Waals surface area contributed by atoms with Crippen LogP contribution in [-0.2, 0) is 29.3 Å². The van der Waals surface area contributed by atoms with Gasteiger partial charge in [0, 0.05) is 61.6 Å². The third-order valence-electron chi connectivity index (χ3n) is 4.79. The first kappa shape index (κ1) is 18.3. The number of benzene rings is 1. The van der Waals surface area contributed by atoms with Crippen molar-refractivity contribution in [2.45, 2.75) is 24.7 Å². The van der Waals surface area contributed by atoms with Gasteiger partial charge in [-0.25, -0.2) is 18.4 Å². The van der Waals surface area contributed by atoms with E-state index in [2.05, 4.69) is 31.6 Å². The van der Waals surface area contributed by atoms with Gasteiger partial charge in [-0.3, -0.25) is 4.90 Å². The zero-order valence-electron chi connectivity index (χ0n) is 15.4. The lowest BCUT2D eigenvalue weighted by atomic mass is 10.1. The first-order valence-electron chi connectivity index (χ1n) is 8.88. The second kappa shape index (κ2) is 7.19. The molecule has 0 saturated heterocycles. The molecule has 4 rings (SSSR count). The van der Waals surface area contributed by atoms with Crippen LogP contribution in [0.1, 0.15) is 22.5 Å². The van der Waals surface area contributed by atoms with Gasteiger partial charge in [-0.2, -0.15) is 5.26 Å². The zero-order valence-corrected chi connectivity index (χ0v) is 16.2. The van der Waals surface area contributed by atoms with Crippen LogP contribution in [0.2, 0.25) is 0 Å². The normalized spacial score (nSPS) is 14.4. The van der Waals surface area contributed by atoms with Crippen LogP contribution in [0.4, 0.5) is 0 Å². The lowest BCUT2D eigenvalue weighted by molar-refractivity contribution is 0.238. The molecule has 0 N–H and O–H groups in total. The maximum absolute atomic E-state index is 11.7. The Labute approximate surface area is 163 Å². The number of hydrogen-bond donors (Lipinski definition) is 0. The maximum Gasteiger partial charge on any atom is 0.246 e. The average molecular weight is 393 g/mol. The minimum Gasteiger partial charge on any atom is -0.320 e. The van der Waals surface area contributed by atoms with Gasteiger partial charge in [-0.1, -0.05) is 6.07 Å². The minimum atomic E-state index is -3.39. The van der Waals surface area contributed by atoms with Gasteiger partial charge in [-0.15, -0.1) is 0 Å². The summed E-state index contributed by atoms with van der Waals surface area (Å²) in [7, 11) is -3.39. The zero-order chi connectivity index (χ0) is 19.7. The molecule has 0 spiro atoms. The molecule has 0 atom stereocenters. The average Bonchev–Trinajstić information content (AvgIpc) is 3.15. The van der Waals surface area contributed by atoms with E-state index >= 15 is 0 Å². The van der Waals surface area contributed by atoms with Gasteiger partial charge in [0.05, 0.1) is 17.3 Å². The molecule has 0 aliphatic carbocycles. The van der Waals surface area contributed by atoms with Crippen LogP contribution in [0.25, 0.3) is 5.69 Å². The summed E-state index contributed by atoms with van der Waals surface area (Å²) in [6.07, 6.45) is 5.43. The third kappa shape index (κ3) is 3.67. The summed E-state index contributed by atoms with van der Waals surface area (Å²) in [5.41, 5.74) is 4.47. The third-order valence-corrected chi connectivity index (χ3v) is 5.65. The maximum atomic E-state index is 11.7. The fourth-order valence-electron chi connectivity index (χ4n) is 3.42. The molecule has 8 heteroatoms. The first-order valence-corrected chi connectivity index (χ1v) is 10.8. The Morgan fingerprint density at radius 2 is 2.11 bits per heavy atom. The predicted octanol–water partition coefficient (Wildman–Crippen LogP) is 2.10. The Bertz CT molecular complexity index is 1180. The van der Waals surface area contributed by atoms with Crippen LogP contribution in [-0.4, -0.2) is 40.7 Å². The number of fused-ring (bicyclic) bond motifs is 1. The summed E-state index contributed by atoms with van der Waals surface area (Å²) in [5, 5.41) is 9.03.